The zero-order chi connectivity index (χ0) is 19.1. The van der Waals surface area contributed by atoms with Crippen molar-refractivity contribution in [2.45, 2.75) is 45.6 Å². The molecular weight excluding hydrogens is 332 g/mol. The smallest absolute Gasteiger partial charge is 0.314 e. The molecule has 2 atom stereocenters. The normalized spacial score (nSPS) is 24.0. The van der Waals surface area contributed by atoms with Crippen molar-refractivity contribution in [2.75, 3.05) is 23.3 Å². The number of anilines is 3. The SMILES string of the molecule is C[C@H]1CC[C@H](C2(C)CC2)N(C(=O)C(=O)Nc2cnc(N)c(C=N)c2N)C1. The molecule has 2 amide bonds. The lowest BCUT2D eigenvalue weighted by Crippen LogP contribution is -2.53. The molecule has 1 aliphatic heterocycles. The third-order valence-electron chi connectivity index (χ3n) is 5.70. The fourth-order valence-electron chi connectivity index (χ4n) is 3.75. The van der Waals surface area contributed by atoms with Crippen molar-refractivity contribution >= 4 is 35.2 Å². The van der Waals surface area contributed by atoms with Gasteiger partial charge in [0.15, 0.2) is 0 Å². The van der Waals surface area contributed by atoms with Crippen LogP contribution in [0, 0.1) is 16.7 Å². The Morgan fingerprint density at radius 3 is 2.69 bits per heavy atom. The van der Waals surface area contributed by atoms with E-state index in [1.165, 1.54) is 6.20 Å². The molecule has 8 heteroatoms. The molecule has 1 aromatic rings. The Morgan fingerprint density at radius 1 is 1.38 bits per heavy atom. The minimum atomic E-state index is -0.734. The quantitative estimate of drug-likeness (QED) is 0.480. The largest absolute Gasteiger partial charge is 0.396 e. The summed E-state index contributed by atoms with van der Waals surface area (Å²) in [6.07, 6.45) is 6.47. The second-order valence-corrected chi connectivity index (χ2v) is 7.79. The lowest BCUT2D eigenvalue weighted by molar-refractivity contribution is -0.147. The highest BCUT2D eigenvalue weighted by molar-refractivity contribution is 6.40. The van der Waals surface area contributed by atoms with E-state index in [-0.39, 0.29) is 34.2 Å². The van der Waals surface area contributed by atoms with Gasteiger partial charge in [0.2, 0.25) is 0 Å². The van der Waals surface area contributed by atoms with E-state index in [1.54, 1.807) is 4.90 Å². The fourth-order valence-corrected chi connectivity index (χ4v) is 3.75. The van der Waals surface area contributed by atoms with E-state index in [9.17, 15) is 9.59 Å². The fraction of sp³-hybridized carbons (Fsp3) is 0.556. The number of aromatic nitrogens is 1. The third kappa shape index (κ3) is 3.23. The predicted molar refractivity (Wildman–Crippen MR) is 101 cm³/mol. The van der Waals surface area contributed by atoms with Crippen molar-refractivity contribution in [3.8, 4) is 0 Å². The van der Waals surface area contributed by atoms with E-state index in [1.807, 2.05) is 0 Å². The van der Waals surface area contributed by atoms with Crippen molar-refractivity contribution in [1.82, 2.24) is 9.88 Å². The van der Waals surface area contributed by atoms with Gasteiger partial charge >= 0.3 is 11.8 Å². The van der Waals surface area contributed by atoms with E-state index in [0.717, 1.165) is 31.9 Å². The van der Waals surface area contributed by atoms with E-state index < -0.39 is 11.8 Å². The first-order valence-corrected chi connectivity index (χ1v) is 8.93. The van der Waals surface area contributed by atoms with Gasteiger partial charge < -0.3 is 27.1 Å². The van der Waals surface area contributed by atoms with Gasteiger partial charge in [-0.05, 0) is 37.0 Å². The van der Waals surface area contributed by atoms with Gasteiger partial charge in [0.25, 0.3) is 0 Å². The minimum absolute atomic E-state index is 0.105. The molecule has 0 spiro atoms. The van der Waals surface area contributed by atoms with Gasteiger partial charge in [0.05, 0.1) is 23.1 Å². The second-order valence-electron chi connectivity index (χ2n) is 7.79. The molecule has 6 N–H and O–H groups in total. The van der Waals surface area contributed by atoms with Crippen molar-refractivity contribution in [2.24, 2.45) is 11.3 Å². The van der Waals surface area contributed by atoms with Gasteiger partial charge in [-0.15, -0.1) is 0 Å². The van der Waals surface area contributed by atoms with Crippen LogP contribution < -0.4 is 16.8 Å². The number of hydrogen-bond donors (Lipinski definition) is 4. The summed E-state index contributed by atoms with van der Waals surface area (Å²) in [7, 11) is 0. The molecule has 0 unspecified atom stereocenters. The predicted octanol–water partition coefficient (Wildman–Crippen LogP) is 1.61. The van der Waals surface area contributed by atoms with E-state index in [2.05, 4.69) is 24.1 Å². The van der Waals surface area contributed by atoms with E-state index in [0.29, 0.717) is 12.5 Å². The number of likely N-dealkylation sites (tertiary alicyclic amines) is 1. The zero-order valence-corrected chi connectivity index (χ0v) is 15.2. The highest BCUT2D eigenvalue weighted by atomic mass is 16.2. The second kappa shape index (κ2) is 6.59. The first-order valence-electron chi connectivity index (χ1n) is 8.93. The van der Waals surface area contributed by atoms with Crippen LogP contribution in [0.2, 0.25) is 0 Å². The molecule has 1 saturated heterocycles. The lowest BCUT2D eigenvalue weighted by Gasteiger charge is -2.41. The number of nitrogens with one attached hydrogen (secondary N) is 2. The highest BCUT2D eigenvalue weighted by Gasteiger charge is 2.50. The van der Waals surface area contributed by atoms with Gasteiger partial charge in [-0.1, -0.05) is 13.8 Å². The Hall–Kier alpha value is -2.64. The summed E-state index contributed by atoms with van der Waals surface area (Å²) in [6, 6.07) is 0.107. The van der Waals surface area contributed by atoms with Crippen LogP contribution in [0.15, 0.2) is 6.20 Å². The number of rotatable bonds is 3. The number of nitrogens with two attached hydrogens (primary N) is 2. The van der Waals surface area contributed by atoms with Crippen LogP contribution >= 0.6 is 0 Å². The molecule has 26 heavy (non-hydrogen) atoms. The van der Waals surface area contributed by atoms with Gasteiger partial charge in [-0.3, -0.25) is 9.59 Å². The molecule has 0 bridgehead atoms. The van der Waals surface area contributed by atoms with Crippen LogP contribution in [0.1, 0.15) is 45.1 Å². The molecule has 8 nitrogen and oxygen atoms in total. The molecule has 3 rings (SSSR count). The average molecular weight is 358 g/mol. The summed E-state index contributed by atoms with van der Waals surface area (Å²) in [5.74, 6) is -0.795. The Balaban J connectivity index is 1.79. The first kappa shape index (κ1) is 18.2. The average Bonchev–Trinajstić information content (AvgIpc) is 3.35. The molecule has 2 aliphatic rings. The summed E-state index contributed by atoms with van der Waals surface area (Å²) in [4.78, 5) is 31.1. The summed E-state index contributed by atoms with van der Waals surface area (Å²) in [5, 5.41) is 9.90. The van der Waals surface area contributed by atoms with Crippen molar-refractivity contribution < 1.29 is 9.59 Å². The van der Waals surface area contributed by atoms with E-state index in [4.69, 9.17) is 16.9 Å². The monoisotopic (exact) mass is 358 g/mol. The number of carbonyl (C=O) groups excluding carboxylic acids is 2. The third-order valence-corrected chi connectivity index (χ3v) is 5.70. The number of piperidine rings is 1. The van der Waals surface area contributed by atoms with Gasteiger partial charge in [-0.25, -0.2) is 4.98 Å². The van der Waals surface area contributed by atoms with Crippen LogP contribution in [-0.4, -0.2) is 40.5 Å². The molecule has 1 aromatic heterocycles. The number of amides is 2. The lowest BCUT2D eigenvalue weighted by atomic mass is 9.85. The number of nitrogen functional groups attached to an aromatic ring is 2. The summed E-state index contributed by atoms with van der Waals surface area (Å²) in [5.41, 5.74) is 12.3. The van der Waals surface area contributed by atoms with Gasteiger partial charge in [0, 0.05) is 18.8 Å². The zero-order valence-electron chi connectivity index (χ0n) is 15.2. The van der Waals surface area contributed by atoms with E-state index >= 15 is 0 Å². The van der Waals surface area contributed by atoms with Gasteiger partial charge in [0.1, 0.15) is 5.82 Å². The number of carbonyl (C=O) groups is 2. The topological polar surface area (TPSA) is 138 Å². The van der Waals surface area contributed by atoms with Crippen LogP contribution in [0.25, 0.3) is 0 Å². The highest BCUT2D eigenvalue weighted by Crippen LogP contribution is 2.52. The molecule has 140 valence electrons. The van der Waals surface area contributed by atoms with Crippen molar-refractivity contribution in [3.05, 3.63) is 11.8 Å². The molecule has 1 aliphatic carbocycles. The Morgan fingerprint density at radius 2 is 2.08 bits per heavy atom. The van der Waals surface area contributed by atoms with Crippen LogP contribution in [0.3, 0.4) is 0 Å². The maximum atomic E-state index is 12.8. The minimum Gasteiger partial charge on any atom is -0.396 e. The Labute approximate surface area is 152 Å². The Bertz CT molecular complexity index is 758. The van der Waals surface area contributed by atoms with Crippen molar-refractivity contribution in [1.29, 1.82) is 5.41 Å². The Kier molecular flexibility index (Phi) is 4.60. The molecular formula is C18H26N6O2. The number of hydrogen-bond acceptors (Lipinski definition) is 6. The molecule has 1 saturated carbocycles. The summed E-state index contributed by atoms with van der Waals surface area (Å²) in [6.45, 7) is 4.87. The van der Waals surface area contributed by atoms with Gasteiger partial charge in [-0.2, -0.15) is 0 Å². The first-order chi connectivity index (χ1) is 12.3. The van der Waals surface area contributed by atoms with Crippen molar-refractivity contribution in [3.63, 3.8) is 0 Å². The standard InChI is InChI=1S/C18H26N6O2/c1-10-3-4-13(18(2)5-6-18)24(9-10)17(26)16(25)23-12-8-22-15(21)11(7-19)14(12)20/h7-8,10,13,19H,3-6,9H2,1-2H3,(H,23,25)(H4,20,21,22)/t10-,13+/m0/s1. The summed E-state index contributed by atoms with van der Waals surface area (Å²) < 4.78 is 0. The maximum absolute atomic E-state index is 12.8. The molecule has 0 radical (unpaired) electrons. The molecule has 2 fully saturated rings. The molecule has 2 heterocycles. The van der Waals surface area contributed by atoms with Crippen LogP contribution in [-0.2, 0) is 9.59 Å². The maximum Gasteiger partial charge on any atom is 0.314 e. The van der Waals surface area contributed by atoms with Crippen LogP contribution in [0.4, 0.5) is 17.2 Å². The summed E-state index contributed by atoms with van der Waals surface area (Å²) >= 11 is 0. The number of pyridine rings is 1. The van der Waals surface area contributed by atoms with Crippen LogP contribution in [0.5, 0.6) is 0 Å². The number of nitrogens with zero attached hydrogens (tertiary/aromatic N) is 2. The molecule has 0 aromatic carbocycles.